The van der Waals surface area contributed by atoms with Crippen LogP contribution in [0.1, 0.15) is 152 Å². The lowest BCUT2D eigenvalue weighted by atomic mass is 9.41. The zero-order valence-corrected chi connectivity index (χ0v) is 33.8. The van der Waals surface area contributed by atoms with Crippen LogP contribution in [0.25, 0.3) is 0 Å². The van der Waals surface area contributed by atoms with Crippen molar-refractivity contribution in [1.82, 2.24) is 0 Å². The minimum Gasteiger partial charge on any atom is -0.481 e. The standard InChI is InChI=1S/C43H64O11/c1-25(44)51-32-33-37(7)17-20-43(54-37,36(5,6)49)50-24-42(33)19-18-41-23-40(41)16-13-29(53-31(48)22-39(21-30(46)47)14-9-10-15-39)35(3,4)27(40)11-12-28(41)38(42,8)34(32)52-26(2)45/h27-29,32-34,49H,9-24H2,1-8H3,(H,46,47)/t27-,28-,29-,32+,33+,34+,37-,38+,40+,41-,42-,43-/m0/s1. The summed E-state index contributed by atoms with van der Waals surface area (Å²) in [6.45, 7) is 15.5. The summed E-state index contributed by atoms with van der Waals surface area (Å²) < 4.78 is 33.0. The molecule has 12 atom stereocenters. The minimum absolute atomic E-state index is 0.00856. The van der Waals surface area contributed by atoms with Crippen molar-refractivity contribution in [3.8, 4) is 0 Å². The van der Waals surface area contributed by atoms with Gasteiger partial charge in [-0.25, -0.2) is 0 Å². The number of hydrogen-bond donors (Lipinski definition) is 2. The molecule has 2 aliphatic heterocycles. The van der Waals surface area contributed by atoms with Crippen molar-refractivity contribution >= 4 is 23.9 Å². The predicted molar refractivity (Wildman–Crippen MR) is 194 cm³/mol. The molecular formula is C43H64O11. The van der Waals surface area contributed by atoms with E-state index >= 15 is 0 Å². The fraction of sp³-hybridized carbons (Fsp3) is 0.907. The molecule has 54 heavy (non-hydrogen) atoms. The zero-order chi connectivity index (χ0) is 39.1. The van der Waals surface area contributed by atoms with Crippen molar-refractivity contribution in [2.75, 3.05) is 6.61 Å². The van der Waals surface area contributed by atoms with Gasteiger partial charge in [-0.05, 0) is 113 Å². The summed E-state index contributed by atoms with van der Waals surface area (Å²) in [5.41, 5.74) is -4.04. The fourth-order valence-corrected chi connectivity index (χ4v) is 15.8. The Hall–Kier alpha value is -2.24. The van der Waals surface area contributed by atoms with Gasteiger partial charge in [0.05, 0.1) is 25.0 Å². The minimum atomic E-state index is -1.28. The lowest BCUT2D eigenvalue weighted by molar-refractivity contribution is -0.316. The van der Waals surface area contributed by atoms with Crippen molar-refractivity contribution in [2.45, 2.75) is 187 Å². The van der Waals surface area contributed by atoms with Crippen LogP contribution in [0.2, 0.25) is 0 Å². The molecule has 0 aromatic rings. The summed E-state index contributed by atoms with van der Waals surface area (Å²) in [7, 11) is 0. The van der Waals surface area contributed by atoms with Crippen LogP contribution >= 0.6 is 0 Å². The van der Waals surface area contributed by atoms with Gasteiger partial charge in [0, 0.05) is 42.4 Å². The van der Waals surface area contributed by atoms with Gasteiger partial charge in [0.15, 0.2) is 5.79 Å². The molecule has 0 amide bonds. The molecular weight excluding hydrogens is 692 g/mol. The van der Waals surface area contributed by atoms with Gasteiger partial charge in [0.25, 0.3) is 0 Å². The van der Waals surface area contributed by atoms with Crippen molar-refractivity contribution in [3.05, 3.63) is 0 Å². The van der Waals surface area contributed by atoms with E-state index in [9.17, 15) is 29.4 Å². The average molecular weight is 757 g/mol. The van der Waals surface area contributed by atoms with E-state index in [1.807, 2.05) is 0 Å². The highest BCUT2D eigenvalue weighted by Gasteiger charge is 2.88. The number of aliphatic hydroxyl groups is 1. The third-order valence-corrected chi connectivity index (χ3v) is 17.9. The van der Waals surface area contributed by atoms with E-state index < -0.39 is 63.4 Å². The molecule has 11 heteroatoms. The molecule has 6 saturated carbocycles. The summed E-state index contributed by atoms with van der Waals surface area (Å²) in [5.74, 6) is -3.01. The Kier molecular flexibility index (Phi) is 8.51. The third kappa shape index (κ3) is 5.00. The summed E-state index contributed by atoms with van der Waals surface area (Å²) in [6, 6.07) is 0. The predicted octanol–water partition coefficient (Wildman–Crippen LogP) is 6.89. The van der Waals surface area contributed by atoms with Gasteiger partial charge in [-0.1, -0.05) is 33.6 Å². The maximum atomic E-state index is 13.6. The van der Waals surface area contributed by atoms with Crippen LogP contribution in [0.15, 0.2) is 0 Å². The number of ether oxygens (including phenoxy) is 5. The lowest BCUT2D eigenvalue weighted by Crippen LogP contribution is -2.63. The highest BCUT2D eigenvalue weighted by molar-refractivity contribution is 5.73. The SMILES string of the molecule is CC(=O)O[C@H]1[C@@H](OC(C)=O)[C@@]2(C)[C@@H]3CC[C@H]4C(C)(C)[C@@H](OC(=O)CC5(CC(=O)O)CCCC5)CC[C@@]45C[C@@]35CC[C@@]23CO[C@@]2(C(C)(C)O)CC[C@](C)(O2)[C@@H]13. The number of carboxylic acid groups (broad SMARTS) is 1. The molecule has 2 saturated heterocycles. The van der Waals surface area contributed by atoms with Crippen molar-refractivity contribution in [2.24, 2.45) is 50.2 Å². The summed E-state index contributed by atoms with van der Waals surface area (Å²) in [5, 5.41) is 21.1. The van der Waals surface area contributed by atoms with Crippen LogP contribution in [-0.2, 0) is 42.9 Å². The second-order valence-electron chi connectivity index (χ2n) is 21.0. The van der Waals surface area contributed by atoms with Crippen LogP contribution < -0.4 is 0 Å². The Bertz CT molecular complexity index is 1610. The topological polar surface area (TPSA) is 155 Å². The Morgan fingerprint density at radius 2 is 1.39 bits per heavy atom. The van der Waals surface area contributed by atoms with Crippen molar-refractivity contribution in [1.29, 1.82) is 0 Å². The van der Waals surface area contributed by atoms with Gasteiger partial charge in [-0.2, -0.15) is 0 Å². The van der Waals surface area contributed by atoms with E-state index in [1.54, 1.807) is 13.8 Å². The van der Waals surface area contributed by atoms with Crippen LogP contribution in [0, 0.1) is 50.2 Å². The van der Waals surface area contributed by atoms with Gasteiger partial charge in [0.2, 0.25) is 0 Å². The largest absolute Gasteiger partial charge is 0.481 e. The zero-order valence-electron chi connectivity index (χ0n) is 33.8. The Morgan fingerprint density at radius 1 is 0.759 bits per heavy atom. The number of rotatable bonds is 8. The summed E-state index contributed by atoms with van der Waals surface area (Å²) >= 11 is 0. The monoisotopic (exact) mass is 756 g/mol. The second kappa shape index (κ2) is 11.9. The van der Waals surface area contributed by atoms with Crippen LogP contribution in [-0.4, -0.2) is 76.0 Å². The highest BCUT2D eigenvalue weighted by Crippen LogP contribution is 2.90. The molecule has 2 heterocycles. The molecule has 0 aromatic heterocycles. The first-order chi connectivity index (χ1) is 25.1. The van der Waals surface area contributed by atoms with Crippen molar-refractivity contribution < 1.29 is 53.1 Å². The molecule has 2 bridgehead atoms. The van der Waals surface area contributed by atoms with Gasteiger partial charge in [-0.3, -0.25) is 19.2 Å². The van der Waals surface area contributed by atoms with Gasteiger partial charge in [0.1, 0.15) is 23.9 Å². The molecule has 8 rings (SSSR count). The van der Waals surface area contributed by atoms with E-state index in [0.717, 1.165) is 70.6 Å². The average Bonchev–Trinajstić information content (AvgIpc) is 3.20. The second-order valence-corrected chi connectivity index (χ2v) is 21.0. The summed E-state index contributed by atoms with van der Waals surface area (Å²) in [6.07, 6.45) is 9.33. The Morgan fingerprint density at radius 3 is 2.02 bits per heavy atom. The number of carbonyl (C=O) groups is 4. The van der Waals surface area contributed by atoms with Gasteiger partial charge < -0.3 is 33.9 Å². The van der Waals surface area contributed by atoms with Crippen LogP contribution in [0.5, 0.6) is 0 Å². The van der Waals surface area contributed by atoms with Gasteiger partial charge in [-0.15, -0.1) is 0 Å². The fourth-order valence-electron chi connectivity index (χ4n) is 15.8. The normalized spacial score (nSPS) is 47.8. The summed E-state index contributed by atoms with van der Waals surface area (Å²) in [4.78, 5) is 51.4. The van der Waals surface area contributed by atoms with E-state index in [0.29, 0.717) is 25.4 Å². The molecule has 8 aliphatic rings. The van der Waals surface area contributed by atoms with E-state index in [-0.39, 0.29) is 53.0 Å². The maximum absolute atomic E-state index is 13.6. The third-order valence-electron chi connectivity index (χ3n) is 17.9. The first kappa shape index (κ1) is 38.6. The molecule has 0 unspecified atom stereocenters. The van der Waals surface area contributed by atoms with Gasteiger partial charge >= 0.3 is 23.9 Å². The highest BCUT2D eigenvalue weighted by atomic mass is 16.7. The van der Waals surface area contributed by atoms with E-state index in [2.05, 4.69) is 27.7 Å². The molecule has 8 fully saturated rings. The molecule has 11 nitrogen and oxygen atoms in total. The molecule has 0 aromatic carbocycles. The van der Waals surface area contributed by atoms with E-state index in [4.69, 9.17) is 23.7 Å². The van der Waals surface area contributed by atoms with Crippen molar-refractivity contribution in [3.63, 3.8) is 0 Å². The number of aliphatic carboxylic acids is 1. The molecule has 3 spiro atoms. The van der Waals surface area contributed by atoms with Crippen LogP contribution in [0.3, 0.4) is 0 Å². The molecule has 2 N–H and O–H groups in total. The maximum Gasteiger partial charge on any atom is 0.306 e. The first-order valence-corrected chi connectivity index (χ1v) is 20.9. The number of hydrogen-bond acceptors (Lipinski definition) is 10. The lowest BCUT2D eigenvalue weighted by Gasteiger charge is -2.64. The number of esters is 3. The number of carboxylic acids is 1. The molecule has 302 valence electrons. The smallest absolute Gasteiger partial charge is 0.306 e. The first-order valence-electron chi connectivity index (χ1n) is 20.9. The molecule has 6 aliphatic carbocycles. The quantitative estimate of drug-likeness (QED) is 0.197. The molecule has 0 radical (unpaired) electrons. The number of fused-ring (bicyclic) bond motifs is 4. The Labute approximate surface area is 320 Å². The number of carbonyl (C=O) groups excluding carboxylic acids is 3. The van der Waals surface area contributed by atoms with Crippen LogP contribution in [0.4, 0.5) is 0 Å². The van der Waals surface area contributed by atoms with E-state index in [1.165, 1.54) is 13.8 Å². The Balaban J connectivity index is 1.13.